The van der Waals surface area contributed by atoms with Gasteiger partial charge in [-0.25, -0.2) is 17.9 Å². The first-order valence-corrected chi connectivity index (χ1v) is 17.4. The summed E-state index contributed by atoms with van der Waals surface area (Å²) in [5.41, 5.74) is 9.66. The normalized spacial score (nSPS) is 40.3. The van der Waals surface area contributed by atoms with Gasteiger partial charge in [-0.1, -0.05) is 52.9 Å². The number of nitrogens with one attached hydrogen (secondary N) is 3. The van der Waals surface area contributed by atoms with Crippen LogP contribution in [0.25, 0.3) is 5.73 Å². The summed E-state index contributed by atoms with van der Waals surface area (Å²) in [6.07, 6.45) is 8.86. The van der Waals surface area contributed by atoms with Gasteiger partial charge in [0.2, 0.25) is 6.79 Å². The van der Waals surface area contributed by atoms with Crippen LogP contribution in [0, 0.1) is 46.3 Å². The molecule has 5 aliphatic rings. The third-order valence-corrected chi connectivity index (χ3v) is 14.1. The zero-order valence-corrected chi connectivity index (χ0v) is 27.3. The Morgan fingerprint density at radius 3 is 2.56 bits per heavy atom. The maximum absolute atomic E-state index is 12.8. The molecule has 6 rings (SSSR count). The number of hydrogen-bond acceptors (Lipinski definition) is 6. The third kappa shape index (κ3) is 5.31. The van der Waals surface area contributed by atoms with Gasteiger partial charge < -0.3 is 25.6 Å². The van der Waals surface area contributed by atoms with E-state index < -0.39 is 21.6 Å². The Balaban J connectivity index is 0.00000368. The summed E-state index contributed by atoms with van der Waals surface area (Å²) < 4.78 is 38.4. The first-order chi connectivity index (χ1) is 19.8. The molecule has 1 aliphatic heterocycles. The van der Waals surface area contributed by atoms with E-state index in [9.17, 15) is 24.1 Å². The number of hydrogen-bond donors (Lipinski definition) is 3. The van der Waals surface area contributed by atoms with Gasteiger partial charge in [0.15, 0.2) is 11.5 Å². The first kappa shape index (κ1) is 32.9. The van der Waals surface area contributed by atoms with E-state index in [1.807, 2.05) is 0 Å². The quantitative estimate of drug-likeness (QED) is 0.424. The van der Waals surface area contributed by atoms with Crippen molar-refractivity contribution < 1.29 is 46.7 Å². The number of sulfonamides is 1. The molecule has 4 N–H and O–H groups in total. The average Bonchev–Trinajstić information content (AvgIpc) is 3.53. The maximum atomic E-state index is 12.8. The van der Waals surface area contributed by atoms with Crippen molar-refractivity contribution in [2.45, 2.75) is 102 Å². The molecule has 0 radical (unpaired) electrons. The summed E-state index contributed by atoms with van der Waals surface area (Å²) in [6.45, 7) is 9.61. The molecule has 1 aromatic rings. The summed E-state index contributed by atoms with van der Waals surface area (Å²) in [5.74, 6) is 3.20. The summed E-state index contributed by atoms with van der Waals surface area (Å²) in [4.78, 5) is 12.7. The monoisotopic (exact) mass is 609 g/mol. The van der Waals surface area contributed by atoms with Gasteiger partial charge in [0.1, 0.15) is 0 Å². The van der Waals surface area contributed by atoms with Crippen LogP contribution in [0.2, 0.25) is 0 Å². The number of benzene rings is 1. The van der Waals surface area contributed by atoms with Gasteiger partial charge in [-0.2, -0.15) is 0 Å². The van der Waals surface area contributed by atoms with Gasteiger partial charge in [-0.05, 0) is 91.1 Å². The standard InChI is InChI=1S/C32H48N3O6S.Li/c1-5-20-14-26-24(30(3)11-8-21(36)15-25(20)30)9-12-31(4)23(10-13-32(26,31)33)19(2)17-34-29(37)35-42(38,39)22-6-7-27-28(16-22)41-18-40-27;/h6-7,16,19-21,23-26,33,36H,5,8-15,17-18H2,1-4H3,(H2,34,35,37);/q-1;+1/t19-,20+,21-,23?,24+,25+,26?,30-,31-,32-;/m1./s1. The van der Waals surface area contributed by atoms with E-state index in [0.29, 0.717) is 41.7 Å². The topological polar surface area (TPSA) is 138 Å². The molecule has 2 unspecified atom stereocenters. The molecule has 4 saturated carbocycles. The minimum Gasteiger partial charge on any atom is -0.671 e. The van der Waals surface area contributed by atoms with Gasteiger partial charge >= 0.3 is 24.9 Å². The van der Waals surface area contributed by atoms with Crippen molar-refractivity contribution in [3.05, 3.63) is 23.9 Å². The molecule has 11 heteroatoms. The number of aliphatic hydroxyl groups is 1. The van der Waals surface area contributed by atoms with Crippen LogP contribution in [0.1, 0.15) is 85.5 Å². The molecule has 1 heterocycles. The molecular weight excluding hydrogens is 561 g/mol. The van der Waals surface area contributed by atoms with Crippen molar-refractivity contribution in [2.75, 3.05) is 13.3 Å². The summed E-state index contributed by atoms with van der Waals surface area (Å²) >= 11 is 0. The van der Waals surface area contributed by atoms with E-state index >= 15 is 0 Å². The van der Waals surface area contributed by atoms with Crippen LogP contribution < -0.4 is 38.4 Å². The second kappa shape index (κ2) is 11.7. The Morgan fingerprint density at radius 1 is 1.07 bits per heavy atom. The fourth-order valence-corrected chi connectivity index (χ4v) is 11.5. The third-order valence-electron chi connectivity index (χ3n) is 12.8. The zero-order chi connectivity index (χ0) is 30.1. The molecule has 1 aromatic carbocycles. The molecule has 4 aliphatic carbocycles. The molecule has 10 atom stereocenters. The van der Waals surface area contributed by atoms with Crippen molar-refractivity contribution in [3.63, 3.8) is 0 Å². The molecule has 0 saturated heterocycles. The van der Waals surface area contributed by atoms with Crippen LogP contribution in [0.5, 0.6) is 11.5 Å². The molecule has 0 aromatic heterocycles. The predicted molar refractivity (Wildman–Crippen MR) is 159 cm³/mol. The number of fused-ring (bicyclic) bond motifs is 6. The van der Waals surface area contributed by atoms with Gasteiger partial charge in [0.05, 0.1) is 11.0 Å². The summed E-state index contributed by atoms with van der Waals surface area (Å²) in [7, 11) is -4.07. The summed E-state index contributed by atoms with van der Waals surface area (Å²) in [5, 5.41) is 13.4. The largest absolute Gasteiger partial charge is 1.00 e. The number of rotatable bonds is 6. The van der Waals surface area contributed by atoms with Crippen molar-refractivity contribution in [3.8, 4) is 11.5 Å². The Labute approximate surface area is 269 Å². The Kier molecular flexibility index (Phi) is 8.98. The summed E-state index contributed by atoms with van der Waals surface area (Å²) in [6, 6.07) is 3.52. The fraction of sp³-hybridized carbons (Fsp3) is 0.781. The van der Waals surface area contributed by atoms with E-state index in [-0.39, 0.29) is 59.3 Å². The van der Waals surface area contributed by atoms with Gasteiger partial charge in [0.25, 0.3) is 10.0 Å². The van der Waals surface area contributed by atoms with Crippen LogP contribution >= 0.6 is 0 Å². The van der Waals surface area contributed by atoms with E-state index in [1.54, 1.807) is 0 Å². The Bertz CT molecular complexity index is 1330. The van der Waals surface area contributed by atoms with Crippen LogP contribution in [0.4, 0.5) is 4.79 Å². The number of ether oxygens (including phenoxy) is 2. The van der Waals surface area contributed by atoms with Crippen molar-refractivity contribution in [1.82, 2.24) is 10.0 Å². The number of urea groups is 1. The minimum absolute atomic E-state index is 0. The smallest absolute Gasteiger partial charge is 0.671 e. The zero-order valence-electron chi connectivity index (χ0n) is 26.4. The molecular formula is C32H48LiN3O6S. The van der Waals surface area contributed by atoms with Crippen LogP contribution in [-0.2, 0) is 10.0 Å². The molecule has 43 heavy (non-hydrogen) atoms. The molecule has 2 amide bonds. The fourth-order valence-electron chi connectivity index (χ4n) is 10.5. The SMILES string of the molecule is CC[C@H]1CC2[C@H](CC[C@]3(C)C([C@H](C)CNC(=O)NS(=O)(=O)c4ccc5c(c4)OCO5)CC[C@@]23[NH-])[C@@]2(C)CC[C@@H](O)C[C@@H]12.[Li+]. The number of aliphatic hydroxyl groups excluding tert-OH is 1. The minimum atomic E-state index is -4.07. The van der Waals surface area contributed by atoms with Crippen molar-refractivity contribution >= 4 is 16.1 Å². The number of carbonyl (C=O) groups is 1. The molecule has 4 fully saturated rings. The molecule has 0 spiro atoms. The molecule has 234 valence electrons. The predicted octanol–water partition coefficient (Wildman–Crippen LogP) is 2.87. The second-order valence-corrected chi connectivity index (χ2v) is 16.2. The van der Waals surface area contributed by atoms with Crippen LogP contribution in [0.3, 0.4) is 0 Å². The molecule has 9 nitrogen and oxygen atoms in total. The maximum Gasteiger partial charge on any atom is 1.00 e. The Hall–Kier alpha value is -1.44. The van der Waals surface area contributed by atoms with Crippen LogP contribution in [0.15, 0.2) is 23.1 Å². The van der Waals surface area contributed by atoms with E-state index in [4.69, 9.17) is 9.47 Å². The number of amides is 2. The molecule has 0 bridgehead atoms. The number of carbonyl (C=O) groups excluding carboxylic acids is 1. The van der Waals surface area contributed by atoms with E-state index in [2.05, 4.69) is 37.7 Å². The van der Waals surface area contributed by atoms with E-state index in [1.165, 1.54) is 18.2 Å². The Morgan fingerprint density at radius 2 is 1.81 bits per heavy atom. The van der Waals surface area contributed by atoms with Gasteiger partial charge in [-0.15, -0.1) is 5.54 Å². The van der Waals surface area contributed by atoms with Gasteiger partial charge in [0, 0.05) is 12.6 Å². The first-order valence-electron chi connectivity index (χ1n) is 16.0. The van der Waals surface area contributed by atoms with Crippen molar-refractivity contribution in [2.24, 2.45) is 46.3 Å². The van der Waals surface area contributed by atoms with Crippen LogP contribution in [-0.4, -0.2) is 44.5 Å². The van der Waals surface area contributed by atoms with Gasteiger partial charge in [-0.3, -0.25) is 0 Å². The van der Waals surface area contributed by atoms with E-state index in [0.717, 1.165) is 57.8 Å². The average molecular weight is 610 g/mol. The second-order valence-electron chi connectivity index (χ2n) is 14.5. The van der Waals surface area contributed by atoms with Crippen molar-refractivity contribution in [1.29, 1.82) is 0 Å².